The Morgan fingerprint density at radius 3 is 2.29 bits per heavy atom. The molecule has 1 aliphatic rings. The molecule has 1 saturated heterocycles. The summed E-state index contributed by atoms with van der Waals surface area (Å²) in [4.78, 5) is 13.9. The van der Waals surface area contributed by atoms with Crippen molar-refractivity contribution in [1.82, 2.24) is 0 Å². The first-order chi connectivity index (χ1) is 11.6. The quantitative estimate of drug-likeness (QED) is 0.609. The third kappa shape index (κ3) is 3.21. The lowest BCUT2D eigenvalue weighted by Gasteiger charge is -2.27. The average molecular weight is 321 g/mol. The van der Waals surface area contributed by atoms with Gasteiger partial charge >= 0.3 is 5.97 Å². The number of benzene rings is 2. The minimum atomic E-state index is -0.294. The second kappa shape index (κ2) is 6.91. The predicted molar refractivity (Wildman–Crippen MR) is 97.7 cm³/mol. The van der Waals surface area contributed by atoms with Crippen LogP contribution in [0.2, 0.25) is 0 Å². The van der Waals surface area contributed by atoms with E-state index in [4.69, 9.17) is 4.74 Å². The smallest absolute Gasteiger partial charge is 0.332 e. The zero-order valence-electron chi connectivity index (χ0n) is 14.4. The van der Waals surface area contributed by atoms with Gasteiger partial charge in [-0.2, -0.15) is 0 Å². The zero-order chi connectivity index (χ0) is 17.1. The largest absolute Gasteiger partial charge is 0.466 e. The van der Waals surface area contributed by atoms with Crippen LogP contribution in [0.5, 0.6) is 0 Å². The van der Waals surface area contributed by atoms with Crippen molar-refractivity contribution in [2.75, 3.05) is 12.0 Å². The molecule has 124 valence electrons. The van der Waals surface area contributed by atoms with E-state index in [1.165, 1.54) is 18.2 Å². The van der Waals surface area contributed by atoms with E-state index in [1.54, 1.807) is 6.08 Å². The summed E-state index contributed by atoms with van der Waals surface area (Å²) >= 11 is 0. The number of hydrogen-bond acceptors (Lipinski definition) is 3. The van der Waals surface area contributed by atoms with Crippen LogP contribution in [-0.2, 0) is 9.53 Å². The Balaban J connectivity index is 1.91. The van der Waals surface area contributed by atoms with Crippen molar-refractivity contribution >= 4 is 11.7 Å². The van der Waals surface area contributed by atoms with Crippen molar-refractivity contribution in [2.24, 2.45) is 5.92 Å². The third-order valence-electron chi connectivity index (χ3n) is 4.81. The van der Waals surface area contributed by atoms with E-state index in [-0.39, 0.29) is 5.97 Å². The van der Waals surface area contributed by atoms with Crippen LogP contribution in [0.3, 0.4) is 0 Å². The van der Waals surface area contributed by atoms with E-state index in [0.717, 1.165) is 17.8 Å². The highest BCUT2D eigenvalue weighted by atomic mass is 16.5. The lowest BCUT2D eigenvalue weighted by Crippen LogP contribution is -2.28. The predicted octanol–water partition coefficient (Wildman–Crippen LogP) is 4.65. The van der Waals surface area contributed by atoms with Crippen LogP contribution in [0.4, 0.5) is 5.69 Å². The Labute approximate surface area is 143 Å². The molecule has 3 rings (SSSR count). The topological polar surface area (TPSA) is 29.5 Å². The number of ether oxygens (including phenoxy) is 1. The van der Waals surface area contributed by atoms with Gasteiger partial charge in [-0.3, -0.25) is 0 Å². The van der Waals surface area contributed by atoms with Gasteiger partial charge in [0.15, 0.2) is 0 Å². The van der Waals surface area contributed by atoms with Crippen molar-refractivity contribution in [3.63, 3.8) is 0 Å². The fourth-order valence-electron chi connectivity index (χ4n) is 3.28. The first-order valence-electron chi connectivity index (χ1n) is 8.33. The summed E-state index contributed by atoms with van der Waals surface area (Å²) in [6.07, 6.45) is 2.50. The molecule has 3 nitrogen and oxygen atoms in total. The maximum Gasteiger partial charge on any atom is 0.332 e. The van der Waals surface area contributed by atoms with Crippen LogP contribution < -0.4 is 4.90 Å². The minimum Gasteiger partial charge on any atom is -0.466 e. The normalized spacial score (nSPS) is 22.0. The molecule has 0 aromatic heterocycles. The van der Waals surface area contributed by atoms with E-state index < -0.39 is 0 Å². The zero-order valence-corrected chi connectivity index (χ0v) is 14.4. The Hall–Kier alpha value is -2.55. The standard InChI is InChI=1S/C21H23NO2/c1-15-13-20(14-21(23)24-3)22(16(15)2)19-11-9-18(10-12-19)17-7-5-4-6-8-17/h4-12,14-16H,13H2,1-3H3/b20-14+/t15-,16-/m1/s1. The Morgan fingerprint density at radius 1 is 1.04 bits per heavy atom. The van der Waals surface area contributed by atoms with Gasteiger partial charge in [0.25, 0.3) is 0 Å². The molecule has 0 spiro atoms. The first-order valence-corrected chi connectivity index (χ1v) is 8.33. The molecular weight excluding hydrogens is 298 g/mol. The Morgan fingerprint density at radius 2 is 1.67 bits per heavy atom. The number of nitrogens with zero attached hydrogens (tertiary/aromatic N) is 1. The van der Waals surface area contributed by atoms with Gasteiger partial charge in [-0.25, -0.2) is 4.79 Å². The number of carbonyl (C=O) groups excluding carboxylic acids is 1. The highest BCUT2D eigenvalue weighted by molar-refractivity contribution is 5.84. The summed E-state index contributed by atoms with van der Waals surface area (Å²) in [6, 6.07) is 19.2. The Bertz CT molecular complexity index is 734. The number of anilines is 1. The number of methoxy groups -OCH3 is 1. The molecule has 0 aliphatic carbocycles. The minimum absolute atomic E-state index is 0.294. The number of allylic oxidation sites excluding steroid dienone is 1. The molecule has 0 saturated carbocycles. The molecule has 1 aliphatic heterocycles. The van der Waals surface area contributed by atoms with E-state index in [0.29, 0.717) is 12.0 Å². The maximum atomic E-state index is 11.7. The second-order valence-electron chi connectivity index (χ2n) is 6.36. The van der Waals surface area contributed by atoms with Crippen molar-refractivity contribution in [1.29, 1.82) is 0 Å². The van der Waals surface area contributed by atoms with Crippen LogP contribution in [0.15, 0.2) is 66.4 Å². The molecular formula is C21H23NO2. The molecule has 2 aromatic rings. The molecule has 1 fully saturated rings. The summed E-state index contributed by atoms with van der Waals surface area (Å²) in [6.45, 7) is 4.42. The summed E-state index contributed by atoms with van der Waals surface area (Å²) in [5.74, 6) is 0.201. The number of rotatable bonds is 3. The number of hydrogen-bond donors (Lipinski definition) is 0. The van der Waals surface area contributed by atoms with E-state index >= 15 is 0 Å². The molecule has 1 heterocycles. The Kier molecular flexibility index (Phi) is 4.70. The van der Waals surface area contributed by atoms with Gasteiger partial charge in [0, 0.05) is 23.5 Å². The van der Waals surface area contributed by atoms with Crippen molar-refractivity contribution in [3.05, 3.63) is 66.4 Å². The number of carbonyl (C=O) groups is 1. The summed E-state index contributed by atoms with van der Waals surface area (Å²) in [7, 11) is 1.42. The van der Waals surface area contributed by atoms with Gasteiger partial charge in [0.1, 0.15) is 0 Å². The molecule has 0 unspecified atom stereocenters. The summed E-state index contributed by atoms with van der Waals surface area (Å²) < 4.78 is 4.80. The SMILES string of the molecule is COC(=O)/C=C1\C[C@@H](C)[C@@H](C)N1c1ccc(-c2ccccc2)cc1. The molecule has 24 heavy (non-hydrogen) atoms. The summed E-state index contributed by atoms with van der Waals surface area (Å²) in [5, 5.41) is 0. The maximum absolute atomic E-state index is 11.7. The monoisotopic (exact) mass is 321 g/mol. The van der Waals surface area contributed by atoms with Gasteiger partial charge in [0.2, 0.25) is 0 Å². The van der Waals surface area contributed by atoms with Gasteiger partial charge in [0.05, 0.1) is 7.11 Å². The molecule has 2 aromatic carbocycles. The van der Waals surface area contributed by atoms with Gasteiger partial charge in [-0.1, -0.05) is 49.4 Å². The van der Waals surface area contributed by atoms with Gasteiger partial charge in [-0.05, 0) is 42.5 Å². The highest BCUT2D eigenvalue weighted by Crippen LogP contribution is 2.37. The molecule has 0 amide bonds. The highest BCUT2D eigenvalue weighted by Gasteiger charge is 2.32. The molecule has 2 atom stereocenters. The van der Waals surface area contributed by atoms with E-state index in [2.05, 4.69) is 55.1 Å². The van der Waals surface area contributed by atoms with Gasteiger partial charge < -0.3 is 9.64 Å². The van der Waals surface area contributed by atoms with E-state index in [9.17, 15) is 4.79 Å². The fraction of sp³-hybridized carbons (Fsp3) is 0.286. The third-order valence-corrected chi connectivity index (χ3v) is 4.81. The van der Waals surface area contributed by atoms with Crippen molar-refractivity contribution in [3.8, 4) is 11.1 Å². The molecule has 3 heteroatoms. The van der Waals surface area contributed by atoms with Crippen molar-refractivity contribution in [2.45, 2.75) is 26.3 Å². The lowest BCUT2D eigenvalue weighted by molar-refractivity contribution is -0.134. The van der Waals surface area contributed by atoms with Crippen LogP contribution in [0, 0.1) is 5.92 Å². The number of esters is 1. The van der Waals surface area contributed by atoms with E-state index in [1.807, 2.05) is 18.2 Å². The fourth-order valence-corrected chi connectivity index (χ4v) is 3.28. The van der Waals surface area contributed by atoms with Gasteiger partial charge in [-0.15, -0.1) is 0 Å². The van der Waals surface area contributed by atoms with Crippen LogP contribution >= 0.6 is 0 Å². The molecule has 0 N–H and O–H groups in total. The molecule has 0 bridgehead atoms. The average Bonchev–Trinajstić information content (AvgIpc) is 2.89. The summed E-state index contributed by atoms with van der Waals surface area (Å²) in [5.41, 5.74) is 4.53. The van der Waals surface area contributed by atoms with Crippen LogP contribution in [0.1, 0.15) is 20.3 Å². The molecule has 0 radical (unpaired) electrons. The lowest BCUT2D eigenvalue weighted by atomic mass is 10.0. The van der Waals surface area contributed by atoms with Crippen LogP contribution in [0.25, 0.3) is 11.1 Å². The first kappa shape index (κ1) is 16.3. The van der Waals surface area contributed by atoms with Crippen LogP contribution in [-0.4, -0.2) is 19.1 Å². The second-order valence-corrected chi connectivity index (χ2v) is 6.36. The van der Waals surface area contributed by atoms with Crippen molar-refractivity contribution < 1.29 is 9.53 Å².